The maximum absolute atomic E-state index is 12.2. The molecular formula is C15H23ClN2O. The lowest BCUT2D eigenvalue weighted by Crippen LogP contribution is -2.43. The van der Waals surface area contributed by atoms with Gasteiger partial charge in [0.05, 0.1) is 6.54 Å². The average molecular weight is 283 g/mol. The monoisotopic (exact) mass is 282 g/mol. The molecule has 0 aliphatic rings. The van der Waals surface area contributed by atoms with E-state index in [4.69, 9.17) is 11.6 Å². The minimum atomic E-state index is 0.115. The second kappa shape index (κ2) is 7.51. The van der Waals surface area contributed by atoms with Crippen LogP contribution in [0.5, 0.6) is 0 Å². The molecule has 0 unspecified atom stereocenters. The van der Waals surface area contributed by atoms with Crippen LogP contribution in [-0.2, 0) is 11.3 Å². The third-order valence-corrected chi connectivity index (χ3v) is 3.08. The second-order valence-corrected chi connectivity index (χ2v) is 5.72. The molecule has 0 bridgehead atoms. The van der Waals surface area contributed by atoms with Crippen molar-refractivity contribution in [2.45, 2.75) is 46.3 Å². The molecule has 1 rings (SSSR count). The van der Waals surface area contributed by atoms with Crippen molar-refractivity contribution in [2.24, 2.45) is 0 Å². The summed E-state index contributed by atoms with van der Waals surface area (Å²) in [5, 5.41) is 3.86. The zero-order valence-corrected chi connectivity index (χ0v) is 12.9. The number of nitrogens with zero attached hydrogens (tertiary/aromatic N) is 1. The lowest BCUT2D eigenvalue weighted by molar-refractivity contribution is -0.132. The highest BCUT2D eigenvalue weighted by Crippen LogP contribution is 2.14. The van der Waals surface area contributed by atoms with Gasteiger partial charge >= 0.3 is 0 Å². The van der Waals surface area contributed by atoms with Gasteiger partial charge in [0.2, 0.25) is 5.91 Å². The number of carbonyl (C=O) groups excluding carboxylic acids is 1. The highest BCUT2D eigenvalue weighted by molar-refractivity contribution is 6.30. The topological polar surface area (TPSA) is 32.3 Å². The maximum atomic E-state index is 12.2. The molecule has 0 atom stereocenters. The van der Waals surface area contributed by atoms with Crippen molar-refractivity contribution < 1.29 is 4.79 Å². The summed E-state index contributed by atoms with van der Waals surface area (Å²) in [7, 11) is 0. The third-order valence-electron chi connectivity index (χ3n) is 2.85. The van der Waals surface area contributed by atoms with Gasteiger partial charge in [0, 0.05) is 23.7 Å². The van der Waals surface area contributed by atoms with Gasteiger partial charge in [-0.3, -0.25) is 4.79 Å². The van der Waals surface area contributed by atoms with Gasteiger partial charge in [0.15, 0.2) is 0 Å². The Kier molecular flexibility index (Phi) is 6.32. The van der Waals surface area contributed by atoms with Crippen LogP contribution in [0, 0.1) is 0 Å². The minimum absolute atomic E-state index is 0.115. The van der Waals surface area contributed by atoms with E-state index in [1.54, 1.807) is 0 Å². The highest BCUT2D eigenvalue weighted by Gasteiger charge is 2.17. The van der Waals surface area contributed by atoms with Crippen LogP contribution in [0.3, 0.4) is 0 Å². The molecule has 0 saturated heterocycles. The van der Waals surface area contributed by atoms with Crippen LogP contribution in [-0.4, -0.2) is 29.4 Å². The van der Waals surface area contributed by atoms with Crippen LogP contribution >= 0.6 is 11.6 Å². The molecule has 3 nitrogen and oxygen atoms in total. The minimum Gasteiger partial charge on any atom is -0.335 e. The second-order valence-electron chi connectivity index (χ2n) is 5.28. The Bertz CT molecular complexity index is 418. The zero-order valence-electron chi connectivity index (χ0n) is 12.1. The summed E-state index contributed by atoms with van der Waals surface area (Å²) < 4.78 is 0. The van der Waals surface area contributed by atoms with Crippen molar-refractivity contribution in [3.63, 3.8) is 0 Å². The third kappa shape index (κ3) is 5.62. The molecule has 0 saturated carbocycles. The molecule has 0 spiro atoms. The number of carbonyl (C=O) groups is 1. The van der Waals surface area contributed by atoms with Crippen molar-refractivity contribution >= 4 is 17.5 Å². The van der Waals surface area contributed by atoms with Crippen LogP contribution in [0.15, 0.2) is 24.3 Å². The van der Waals surface area contributed by atoms with Crippen molar-refractivity contribution in [1.29, 1.82) is 0 Å². The summed E-state index contributed by atoms with van der Waals surface area (Å²) in [5.41, 5.74) is 1.05. The van der Waals surface area contributed by atoms with Gasteiger partial charge in [-0.1, -0.05) is 37.6 Å². The lowest BCUT2D eigenvalue weighted by Gasteiger charge is -2.27. The number of halogens is 1. The summed E-state index contributed by atoms with van der Waals surface area (Å²) >= 11 is 5.97. The van der Waals surface area contributed by atoms with E-state index in [1.165, 1.54) is 0 Å². The molecule has 0 heterocycles. The van der Waals surface area contributed by atoms with Crippen molar-refractivity contribution in [3.8, 4) is 0 Å². The fraction of sp³-hybridized carbons (Fsp3) is 0.533. The molecule has 1 amide bonds. The number of amides is 1. The molecule has 19 heavy (non-hydrogen) atoms. The molecule has 0 aliphatic carbocycles. The summed E-state index contributed by atoms with van der Waals surface area (Å²) in [6.07, 6.45) is 0. The predicted octanol–water partition coefficient (Wildman–Crippen LogP) is 3.08. The SMILES string of the molecule is CC(C)NCC(=O)N(Cc1cccc(Cl)c1)C(C)C. The molecule has 0 radical (unpaired) electrons. The smallest absolute Gasteiger partial charge is 0.237 e. The molecule has 0 aromatic heterocycles. The molecule has 1 N–H and O–H groups in total. The standard InChI is InChI=1S/C15H23ClN2O/c1-11(2)17-9-15(19)18(12(3)4)10-13-6-5-7-14(16)8-13/h5-8,11-12,17H,9-10H2,1-4H3. The lowest BCUT2D eigenvalue weighted by atomic mass is 10.2. The maximum Gasteiger partial charge on any atom is 0.237 e. The van der Waals surface area contributed by atoms with Gasteiger partial charge < -0.3 is 10.2 Å². The molecule has 0 fully saturated rings. The van der Waals surface area contributed by atoms with Crippen LogP contribution < -0.4 is 5.32 Å². The van der Waals surface area contributed by atoms with E-state index in [2.05, 4.69) is 5.32 Å². The van der Waals surface area contributed by atoms with E-state index in [9.17, 15) is 4.79 Å². The van der Waals surface area contributed by atoms with Gasteiger partial charge in [-0.05, 0) is 31.5 Å². The van der Waals surface area contributed by atoms with Crippen LogP contribution in [0.4, 0.5) is 0 Å². The van der Waals surface area contributed by atoms with Gasteiger partial charge in [-0.2, -0.15) is 0 Å². The number of rotatable bonds is 6. The van der Waals surface area contributed by atoms with E-state index in [0.29, 0.717) is 24.2 Å². The van der Waals surface area contributed by atoms with Crippen molar-refractivity contribution in [2.75, 3.05) is 6.54 Å². The Balaban J connectivity index is 2.70. The largest absolute Gasteiger partial charge is 0.335 e. The van der Waals surface area contributed by atoms with Crippen molar-refractivity contribution in [1.82, 2.24) is 10.2 Å². The van der Waals surface area contributed by atoms with Gasteiger partial charge in [0.25, 0.3) is 0 Å². The quantitative estimate of drug-likeness (QED) is 0.870. The van der Waals surface area contributed by atoms with E-state index < -0.39 is 0 Å². The van der Waals surface area contributed by atoms with Crippen LogP contribution in [0.1, 0.15) is 33.3 Å². The first kappa shape index (κ1) is 16.0. The number of benzene rings is 1. The average Bonchev–Trinajstić information content (AvgIpc) is 2.32. The Morgan fingerprint density at radius 3 is 2.53 bits per heavy atom. The number of nitrogens with one attached hydrogen (secondary N) is 1. The Morgan fingerprint density at radius 2 is 2.00 bits per heavy atom. The normalized spacial score (nSPS) is 11.1. The zero-order chi connectivity index (χ0) is 14.4. The van der Waals surface area contributed by atoms with E-state index >= 15 is 0 Å². The summed E-state index contributed by atoms with van der Waals surface area (Å²) in [5.74, 6) is 0.115. The molecular weight excluding hydrogens is 260 g/mol. The van der Waals surface area contributed by atoms with E-state index in [0.717, 1.165) is 5.56 Å². The number of hydrogen-bond donors (Lipinski definition) is 1. The van der Waals surface area contributed by atoms with Crippen LogP contribution in [0.2, 0.25) is 5.02 Å². The Morgan fingerprint density at radius 1 is 1.32 bits per heavy atom. The van der Waals surface area contributed by atoms with E-state index in [-0.39, 0.29) is 11.9 Å². The summed E-state index contributed by atoms with van der Waals surface area (Å²) in [6, 6.07) is 8.12. The molecule has 106 valence electrons. The van der Waals surface area contributed by atoms with E-state index in [1.807, 2.05) is 56.9 Å². The van der Waals surface area contributed by atoms with Gasteiger partial charge in [-0.25, -0.2) is 0 Å². The van der Waals surface area contributed by atoms with Gasteiger partial charge in [-0.15, -0.1) is 0 Å². The number of hydrogen-bond acceptors (Lipinski definition) is 2. The molecule has 0 aliphatic heterocycles. The Labute approximate surface area is 120 Å². The highest BCUT2D eigenvalue weighted by atomic mass is 35.5. The first-order valence-electron chi connectivity index (χ1n) is 6.67. The summed E-state index contributed by atoms with van der Waals surface area (Å²) in [6.45, 7) is 9.08. The Hall–Kier alpha value is -1.06. The molecule has 4 heteroatoms. The fourth-order valence-corrected chi connectivity index (χ4v) is 2.00. The first-order valence-corrected chi connectivity index (χ1v) is 7.05. The fourth-order valence-electron chi connectivity index (χ4n) is 1.78. The molecule has 1 aromatic rings. The first-order chi connectivity index (χ1) is 8.90. The van der Waals surface area contributed by atoms with Gasteiger partial charge in [0.1, 0.15) is 0 Å². The molecule has 1 aromatic carbocycles. The summed E-state index contributed by atoms with van der Waals surface area (Å²) in [4.78, 5) is 14.1. The predicted molar refractivity (Wildman–Crippen MR) is 80.3 cm³/mol. The van der Waals surface area contributed by atoms with Crippen LogP contribution in [0.25, 0.3) is 0 Å². The van der Waals surface area contributed by atoms with Crippen molar-refractivity contribution in [3.05, 3.63) is 34.9 Å².